The largest absolute Gasteiger partial charge is 0.496 e. The lowest BCUT2D eigenvalue weighted by molar-refractivity contribution is 0.406. The predicted octanol–water partition coefficient (Wildman–Crippen LogP) is 2.12. The van der Waals surface area contributed by atoms with Crippen molar-refractivity contribution in [3.63, 3.8) is 0 Å². The van der Waals surface area contributed by atoms with Crippen molar-refractivity contribution in [2.45, 2.75) is 24.5 Å². The summed E-state index contributed by atoms with van der Waals surface area (Å²) in [5.41, 5.74) is 2.14. The highest BCUT2D eigenvalue weighted by atomic mass is 35.7. The number of hydrogen-bond acceptors (Lipinski definition) is 3. The maximum absolute atomic E-state index is 11.3. The number of benzene rings is 1. The van der Waals surface area contributed by atoms with Crippen LogP contribution in [0.15, 0.2) is 18.2 Å². The van der Waals surface area contributed by atoms with Gasteiger partial charge in [-0.25, -0.2) is 8.42 Å². The molecule has 16 heavy (non-hydrogen) atoms. The molecule has 0 bridgehead atoms. The normalized spacial score (nSPS) is 20.2. The van der Waals surface area contributed by atoms with Gasteiger partial charge in [-0.3, -0.25) is 0 Å². The summed E-state index contributed by atoms with van der Waals surface area (Å²) in [6.45, 7) is 0. The van der Waals surface area contributed by atoms with Gasteiger partial charge in [-0.05, 0) is 36.5 Å². The molecule has 1 atom stereocenters. The van der Waals surface area contributed by atoms with Gasteiger partial charge in [-0.1, -0.05) is 12.1 Å². The van der Waals surface area contributed by atoms with Crippen LogP contribution in [0, 0.1) is 0 Å². The highest BCUT2D eigenvalue weighted by Crippen LogP contribution is 2.32. The maximum Gasteiger partial charge on any atom is 0.235 e. The van der Waals surface area contributed by atoms with Gasteiger partial charge in [-0.15, -0.1) is 0 Å². The molecule has 0 aliphatic heterocycles. The van der Waals surface area contributed by atoms with Crippen LogP contribution in [-0.4, -0.2) is 20.8 Å². The first kappa shape index (κ1) is 11.7. The smallest absolute Gasteiger partial charge is 0.235 e. The zero-order valence-electron chi connectivity index (χ0n) is 8.94. The van der Waals surface area contributed by atoms with Crippen molar-refractivity contribution in [3.8, 4) is 5.75 Å². The molecular weight excluding hydrogens is 248 g/mol. The molecule has 0 spiro atoms. The number of fused-ring (bicyclic) bond motifs is 1. The Labute approximate surface area is 99.8 Å². The first-order chi connectivity index (χ1) is 7.52. The third kappa shape index (κ3) is 2.18. The summed E-state index contributed by atoms with van der Waals surface area (Å²) in [6.07, 6.45) is 1.76. The van der Waals surface area contributed by atoms with Crippen LogP contribution in [-0.2, 0) is 21.9 Å². The monoisotopic (exact) mass is 260 g/mol. The zero-order chi connectivity index (χ0) is 11.8. The SMILES string of the molecule is COc1cccc2c1CC[C@H](S(=O)(=O)Cl)C2. The van der Waals surface area contributed by atoms with Crippen molar-refractivity contribution < 1.29 is 13.2 Å². The average molecular weight is 261 g/mol. The summed E-state index contributed by atoms with van der Waals surface area (Å²) >= 11 is 0. The molecule has 1 aliphatic carbocycles. The van der Waals surface area contributed by atoms with Crippen molar-refractivity contribution in [1.82, 2.24) is 0 Å². The summed E-state index contributed by atoms with van der Waals surface area (Å²) in [5, 5.41) is -0.464. The zero-order valence-corrected chi connectivity index (χ0v) is 10.5. The highest BCUT2D eigenvalue weighted by Gasteiger charge is 2.29. The van der Waals surface area contributed by atoms with Crippen molar-refractivity contribution in [2.75, 3.05) is 7.11 Å². The van der Waals surface area contributed by atoms with E-state index >= 15 is 0 Å². The van der Waals surface area contributed by atoms with E-state index in [4.69, 9.17) is 15.4 Å². The topological polar surface area (TPSA) is 43.4 Å². The van der Waals surface area contributed by atoms with Gasteiger partial charge in [-0.2, -0.15) is 0 Å². The van der Waals surface area contributed by atoms with E-state index in [2.05, 4.69) is 0 Å². The molecule has 0 aromatic heterocycles. The molecule has 2 rings (SSSR count). The summed E-state index contributed by atoms with van der Waals surface area (Å²) in [6, 6.07) is 5.71. The minimum atomic E-state index is -3.46. The first-order valence-corrected chi connectivity index (χ1v) is 7.48. The van der Waals surface area contributed by atoms with Gasteiger partial charge in [0.05, 0.1) is 12.4 Å². The van der Waals surface area contributed by atoms with E-state index in [9.17, 15) is 8.42 Å². The average Bonchev–Trinajstić information content (AvgIpc) is 2.26. The minimum absolute atomic E-state index is 0.464. The van der Waals surface area contributed by atoms with Crippen LogP contribution >= 0.6 is 10.7 Å². The van der Waals surface area contributed by atoms with Crippen LogP contribution in [0.1, 0.15) is 17.5 Å². The molecule has 0 N–H and O–H groups in total. The van der Waals surface area contributed by atoms with Crippen LogP contribution in [0.25, 0.3) is 0 Å². The quantitative estimate of drug-likeness (QED) is 0.765. The molecule has 0 fully saturated rings. The maximum atomic E-state index is 11.3. The summed E-state index contributed by atoms with van der Waals surface area (Å²) in [4.78, 5) is 0. The van der Waals surface area contributed by atoms with Gasteiger partial charge in [0, 0.05) is 10.7 Å². The third-order valence-corrected chi connectivity index (χ3v) is 4.97. The number of rotatable bonds is 2. The summed E-state index contributed by atoms with van der Waals surface area (Å²) < 4.78 is 27.8. The van der Waals surface area contributed by atoms with Crippen molar-refractivity contribution in [1.29, 1.82) is 0 Å². The second-order valence-corrected chi connectivity index (χ2v) is 6.85. The van der Waals surface area contributed by atoms with Crippen LogP contribution in [0.3, 0.4) is 0 Å². The Bertz CT molecular complexity index is 496. The van der Waals surface area contributed by atoms with E-state index in [1.807, 2.05) is 18.2 Å². The number of methoxy groups -OCH3 is 1. The summed E-state index contributed by atoms with van der Waals surface area (Å²) in [5.74, 6) is 0.836. The molecule has 3 nitrogen and oxygen atoms in total. The van der Waals surface area contributed by atoms with Crippen molar-refractivity contribution >= 4 is 19.7 Å². The molecule has 1 aromatic rings. The van der Waals surface area contributed by atoms with Gasteiger partial charge < -0.3 is 4.74 Å². The Morgan fingerprint density at radius 3 is 2.81 bits per heavy atom. The lowest BCUT2D eigenvalue weighted by atomic mass is 9.91. The molecule has 0 saturated carbocycles. The molecular formula is C11H13ClO3S. The van der Waals surface area contributed by atoms with Gasteiger partial charge in [0.1, 0.15) is 5.75 Å². The van der Waals surface area contributed by atoms with Crippen molar-refractivity contribution in [2.24, 2.45) is 0 Å². The second-order valence-electron chi connectivity index (χ2n) is 3.94. The van der Waals surface area contributed by atoms with Gasteiger partial charge in [0.25, 0.3) is 0 Å². The van der Waals surface area contributed by atoms with Crippen LogP contribution in [0.4, 0.5) is 0 Å². The van der Waals surface area contributed by atoms with Gasteiger partial charge in [0.2, 0.25) is 9.05 Å². The van der Waals surface area contributed by atoms with Crippen LogP contribution in [0.2, 0.25) is 0 Å². The summed E-state index contributed by atoms with van der Waals surface area (Å²) in [7, 11) is 3.56. The van der Waals surface area contributed by atoms with Crippen LogP contribution < -0.4 is 4.74 Å². The Morgan fingerprint density at radius 2 is 2.19 bits per heavy atom. The van der Waals surface area contributed by atoms with E-state index in [0.29, 0.717) is 19.3 Å². The molecule has 0 saturated heterocycles. The first-order valence-electron chi connectivity index (χ1n) is 5.10. The van der Waals surface area contributed by atoms with E-state index < -0.39 is 14.3 Å². The standard InChI is InChI=1S/C11H13ClO3S/c1-15-11-4-2-3-8-7-9(16(12,13)14)5-6-10(8)11/h2-4,9H,5-7H2,1H3/t9-/m0/s1. The lowest BCUT2D eigenvalue weighted by Gasteiger charge is -2.23. The van der Waals surface area contributed by atoms with E-state index in [0.717, 1.165) is 16.9 Å². The molecule has 0 radical (unpaired) electrons. The van der Waals surface area contributed by atoms with Crippen LogP contribution in [0.5, 0.6) is 5.75 Å². The molecule has 1 aliphatic rings. The molecule has 88 valence electrons. The molecule has 0 unspecified atom stereocenters. The molecule has 5 heteroatoms. The Kier molecular flexibility index (Phi) is 3.13. The Balaban J connectivity index is 2.35. The fourth-order valence-corrected chi connectivity index (χ4v) is 3.40. The lowest BCUT2D eigenvalue weighted by Crippen LogP contribution is -2.25. The van der Waals surface area contributed by atoms with Gasteiger partial charge >= 0.3 is 0 Å². The number of hydrogen-bond donors (Lipinski definition) is 0. The highest BCUT2D eigenvalue weighted by molar-refractivity contribution is 8.14. The Morgan fingerprint density at radius 1 is 1.44 bits per heavy atom. The van der Waals surface area contributed by atoms with Crippen molar-refractivity contribution in [3.05, 3.63) is 29.3 Å². The van der Waals surface area contributed by atoms with E-state index in [-0.39, 0.29) is 0 Å². The Hall–Kier alpha value is -0.740. The molecule has 0 amide bonds. The molecule has 1 aromatic carbocycles. The number of halogens is 1. The fraction of sp³-hybridized carbons (Fsp3) is 0.455. The fourth-order valence-electron chi connectivity index (χ4n) is 2.17. The second kappa shape index (κ2) is 4.26. The third-order valence-electron chi connectivity index (χ3n) is 3.01. The molecule has 0 heterocycles. The minimum Gasteiger partial charge on any atom is -0.496 e. The van der Waals surface area contributed by atoms with Gasteiger partial charge in [0.15, 0.2) is 0 Å². The van der Waals surface area contributed by atoms with E-state index in [1.54, 1.807) is 7.11 Å². The number of ether oxygens (including phenoxy) is 1. The predicted molar refractivity (Wildman–Crippen MR) is 63.6 cm³/mol. The van der Waals surface area contributed by atoms with E-state index in [1.165, 1.54) is 0 Å².